The molecule has 59 heavy (non-hydrogen) atoms. The van der Waals surface area contributed by atoms with Gasteiger partial charge in [-0.15, -0.1) is 0 Å². The van der Waals surface area contributed by atoms with Gasteiger partial charge in [0.15, 0.2) is 0 Å². The van der Waals surface area contributed by atoms with Crippen LogP contribution in [0.4, 0.5) is 0 Å². The summed E-state index contributed by atoms with van der Waals surface area (Å²) < 4.78 is 20.1. The van der Waals surface area contributed by atoms with Crippen LogP contribution in [0.3, 0.4) is 0 Å². The number of rotatable bonds is 3. The molecule has 14 aromatic rings. The Labute approximate surface area is 335 Å². The highest BCUT2D eigenvalue weighted by Crippen LogP contribution is 2.47. The maximum absolute atomic E-state index is 6.39. The summed E-state index contributed by atoms with van der Waals surface area (Å²) in [6.07, 6.45) is 0. The van der Waals surface area contributed by atoms with Gasteiger partial charge in [0.05, 0.1) is 33.1 Å². The molecule has 5 heteroatoms. The highest BCUT2D eigenvalue weighted by molar-refractivity contribution is 6.31. The molecule has 5 nitrogen and oxygen atoms in total. The molecule has 0 bridgehead atoms. The molecule has 274 valence electrons. The summed E-state index contributed by atoms with van der Waals surface area (Å²) in [5, 5.41) is 11.7. The predicted molar refractivity (Wildman–Crippen MR) is 244 cm³/mol. The topological polar surface area (TPSA) is 41.1 Å². The lowest BCUT2D eigenvalue weighted by atomic mass is 10.1. The van der Waals surface area contributed by atoms with Crippen molar-refractivity contribution in [2.75, 3.05) is 0 Å². The van der Waals surface area contributed by atoms with Crippen molar-refractivity contribution < 1.29 is 8.83 Å². The third kappa shape index (κ3) is 4.08. The minimum Gasteiger partial charge on any atom is -0.456 e. The number of nitrogens with zero attached hydrogens (tertiary/aromatic N) is 3. The summed E-state index contributed by atoms with van der Waals surface area (Å²) in [6, 6.07) is 67.7. The monoisotopic (exact) mass is 753 g/mol. The number of benzene rings is 9. The Morgan fingerprint density at radius 1 is 0.254 bits per heavy atom. The molecular formula is C54H31N3O2. The Hall–Kier alpha value is -8.02. The summed E-state index contributed by atoms with van der Waals surface area (Å²) in [5.41, 5.74) is 13.9. The molecule has 9 aromatic carbocycles. The SMILES string of the molecule is c1ccc(-n2c3ccccc3c3c2ccc2c4ccc5c(c6ccccc6n5-c5ccc6oc7ccccc7c6c5)c4n(-c4ccc5oc6ccccc6c5c4)c23)cc1. The van der Waals surface area contributed by atoms with Crippen LogP contribution >= 0.6 is 0 Å². The summed E-state index contributed by atoms with van der Waals surface area (Å²) in [4.78, 5) is 0. The summed E-state index contributed by atoms with van der Waals surface area (Å²) in [5.74, 6) is 0. The average Bonchev–Trinajstić information content (AvgIpc) is 4.09. The Kier molecular flexibility index (Phi) is 5.96. The van der Waals surface area contributed by atoms with Crippen LogP contribution < -0.4 is 0 Å². The molecule has 0 aliphatic rings. The molecule has 0 atom stereocenters. The second-order valence-corrected chi connectivity index (χ2v) is 15.6. The second kappa shape index (κ2) is 11.3. The van der Waals surface area contributed by atoms with Crippen LogP contribution in [0.15, 0.2) is 197 Å². The Morgan fingerprint density at radius 3 is 1.22 bits per heavy atom. The fourth-order valence-corrected chi connectivity index (χ4v) is 10.2. The molecule has 5 aromatic heterocycles. The van der Waals surface area contributed by atoms with E-state index in [9.17, 15) is 0 Å². The zero-order chi connectivity index (χ0) is 38.3. The summed E-state index contributed by atoms with van der Waals surface area (Å²) in [6.45, 7) is 0. The second-order valence-electron chi connectivity index (χ2n) is 15.6. The van der Waals surface area contributed by atoms with Gasteiger partial charge in [0.25, 0.3) is 0 Å². The van der Waals surface area contributed by atoms with E-state index in [1.807, 2.05) is 18.2 Å². The van der Waals surface area contributed by atoms with Crippen molar-refractivity contribution in [3.8, 4) is 17.1 Å². The lowest BCUT2D eigenvalue weighted by molar-refractivity contribution is 0.668. The molecule has 0 saturated carbocycles. The number of furan rings is 2. The lowest BCUT2D eigenvalue weighted by Gasteiger charge is -2.11. The van der Waals surface area contributed by atoms with Crippen molar-refractivity contribution in [2.45, 2.75) is 0 Å². The van der Waals surface area contributed by atoms with E-state index in [1.54, 1.807) is 0 Å². The number of aromatic nitrogens is 3. The minimum absolute atomic E-state index is 0.880. The molecule has 0 fully saturated rings. The van der Waals surface area contributed by atoms with Gasteiger partial charge in [-0.25, -0.2) is 0 Å². The highest BCUT2D eigenvalue weighted by atomic mass is 16.3. The maximum Gasteiger partial charge on any atom is 0.135 e. The van der Waals surface area contributed by atoms with Crippen LogP contribution in [-0.2, 0) is 0 Å². The zero-order valence-electron chi connectivity index (χ0n) is 31.6. The first-order valence-corrected chi connectivity index (χ1v) is 20.1. The van der Waals surface area contributed by atoms with Crippen molar-refractivity contribution in [3.63, 3.8) is 0 Å². The number of hydrogen-bond acceptors (Lipinski definition) is 2. The Bertz CT molecular complexity index is 4080. The molecule has 0 amide bonds. The molecule has 0 unspecified atom stereocenters. The van der Waals surface area contributed by atoms with Crippen molar-refractivity contribution in [2.24, 2.45) is 0 Å². The van der Waals surface area contributed by atoms with Crippen LogP contribution in [0.1, 0.15) is 0 Å². The minimum atomic E-state index is 0.880. The van der Waals surface area contributed by atoms with Gasteiger partial charge in [0, 0.05) is 70.9 Å². The first kappa shape index (κ1) is 31.1. The molecule has 0 aliphatic carbocycles. The van der Waals surface area contributed by atoms with Crippen LogP contribution in [0.5, 0.6) is 0 Å². The van der Waals surface area contributed by atoms with Crippen molar-refractivity contribution >= 4 is 109 Å². The van der Waals surface area contributed by atoms with Crippen LogP contribution in [0, 0.1) is 0 Å². The average molecular weight is 754 g/mol. The maximum atomic E-state index is 6.39. The molecule has 0 spiro atoms. The van der Waals surface area contributed by atoms with E-state index in [1.165, 1.54) is 54.4 Å². The van der Waals surface area contributed by atoms with Crippen LogP contribution in [0.25, 0.3) is 126 Å². The zero-order valence-corrected chi connectivity index (χ0v) is 31.6. The van der Waals surface area contributed by atoms with Gasteiger partial charge < -0.3 is 22.5 Å². The normalized spacial score (nSPS) is 12.4. The van der Waals surface area contributed by atoms with Crippen molar-refractivity contribution in [1.82, 2.24) is 13.7 Å². The van der Waals surface area contributed by atoms with Crippen LogP contribution in [-0.4, -0.2) is 13.7 Å². The highest BCUT2D eigenvalue weighted by Gasteiger charge is 2.25. The Morgan fingerprint density at radius 2 is 0.678 bits per heavy atom. The third-order valence-electron chi connectivity index (χ3n) is 12.6. The number of hydrogen-bond donors (Lipinski definition) is 0. The smallest absolute Gasteiger partial charge is 0.135 e. The molecule has 5 heterocycles. The van der Waals surface area contributed by atoms with Gasteiger partial charge in [-0.1, -0.05) is 103 Å². The third-order valence-corrected chi connectivity index (χ3v) is 12.6. The van der Waals surface area contributed by atoms with E-state index in [-0.39, 0.29) is 0 Å². The van der Waals surface area contributed by atoms with Crippen molar-refractivity contribution in [3.05, 3.63) is 188 Å². The lowest BCUT2D eigenvalue weighted by Crippen LogP contribution is -1.96. The van der Waals surface area contributed by atoms with Gasteiger partial charge in [-0.05, 0) is 84.9 Å². The largest absolute Gasteiger partial charge is 0.456 e. The summed E-state index contributed by atoms with van der Waals surface area (Å²) in [7, 11) is 0. The van der Waals surface area contributed by atoms with E-state index in [4.69, 9.17) is 8.83 Å². The molecule has 0 saturated heterocycles. The van der Waals surface area contributed by atoms with Gasteiger partial charge >= 0.3 is 0 Å². The van der Waals surface area contributed by atoms with Crippen LogP contribution in [0.2, 0.25) is 0 Å². The van der Waals surface area contributed by atoms with Crippen molar-refractivity contribution in [1.29, 1.82) is 0 Å². The molecular weight excluding hydrogens is 723 g/mol. The van der Waals surface area contributed by atoms with Gasteiger partial charge in [-0.3, -0.25) is 0 Å². The van der Waals surface area contributed by atoms with E-state index in [2.05, 4.69) is 184 Å². The fraction of sp³-hybridized carbons (Fsp3) is 0. The van der Waals surface area contributed by atoms with E-state index >= 15 is 0 Å². The predicted octanol–water partition coefficient (Wildman–Crippen LogP) is 14.8. The molecule has 0 aliphatic heterocycles. The molecule has 0 radical (unpaired) electrons. The Balaban J connectivity index is 1.19. The molecule has 14 rings (SSSR count). The quantitative estimate of drug-likeness (QED) is 0.180. The standard InChI is InChI=1S/C54H31N3O2/c1-2-12-32(13-3-1)55-43-18-8-4-16-39(43)51-45(55)26-24-37-38-25-27-46-52(54(38)57(53(37)51)34-23-29-50-42(31-34)36-15-7-11-21-48(36)59-50)40-17-5-9-19-44(40)56(46)33-22-28-49-41(30-33)35-14-6-10-20-47(35)58-49/h1-31H. The van der Waals surface area contributed by atoms with Gasteiger partial charge in [-0.2, -0.15) is 0 Å². The first-order valence-electron chi connectivity index (χ1n) is 20.1. The number of para-hydroxylation sites is 5. The van der Waals surface area contributed by atoms with Gasteiger partial charge in [0.1, 0.15) is 22.3 Å². The van der Waals surface area contributed by atoms with E-state index < -0.39 is 0 Å². The molecule has 0 N–H and O–H groups in total. The fourth-order valence-electron chi connectivity index (χ4n) is 10.2. The first-order chi connectivity index (χ1) is 29.3. The van der Waals surface area contributed by atoms with Gasteiger partial charge in [0.2, 0.25) is 0 Å². The number of fused-ring (bicyclic) bond motifs is 17. The van der Waals surface area contributed by atoms with E-state index in [0.717, 1.165) is 72.0 Å². The summed E-state index contributed by atoms with van der Waals surface area (Å²) >= 11 is 0. The van der Waals surface area contributed by atoms with E-state index in [0.29, 0.717) is 0 Å².